The summed E-state index contributed by atoms with van der Waals surface area (Å²) in [5.74, 6) is 0.423. The van der Waals surface area contributed by atoms with Crippen molar-refractivity contribution in [2.24, 2.45) is 11.3 Å². The maximum atomic E-state index is 12.8. The molecule has 2 amide bonds. The molecule has 2 N–H and O–H groups in total. The fourth-order valence-corrected chi connectivity index (χ4v) is 3.07. The van der Waals surface area contributed by atoms with Crippen LogP contribution >= 0.6 is 0 Å². The van der Waals surface area contributed by atoms with E-state index >= 15 is 0 Å². The van der Waals surface area contributed by atoms with Crippen molar-refractivity contribution in [3.63, 3.8) is 0 Å². The van der Waals surface area contributed by atoms with E-state index in [1.807, 2.05) is 20.8 Å². The van der Waals surface area contributed by atoms with Gasteiger partial charge < -0.3 is 15.5 Å². The zero-order valence-corrected chi connectivity index (χ0v) is 12.2. The fraction of sp³-hybridized carbons (Fsp3) is 0.857. The van der Waals surface area contributed by atoms with E-state index in [1.54, 1.807) is 4.90 Å². The molecule has 0 radical (unpaired) electrons. The third-order valence-corrected chi connectivity index (χ3v) is 4.63. The molecule has 0 saturated carbocycles. The highest BCUT2D eigenvalue weighted by Gasteiger charge is 2.42. The number of carbonyl (C=O) groups excluding carboxylic acids is 2. The number of amides is 2. The molecule has 0 spiro atoms. The highest BCUT2D eigenvalue weighted by Crippen LogP contribution is 2.34. The van der Waals surface area contributed by atoms with Crippen LogP contribution in [0.15, 0.2) is 0 Å². The zero-order chi connectivity index (χ0) is 14.0. The van der Waals surface area contributed by atoms with E-state index in [9.17, 15) is 9.59 Å². The lowest BCUT2D eigenvalue weighted by Gasteiger charge is -2.42. The smallest absolute Gasteiger partial charge is 0.242 e. The van der Waals surface area contributed by atoms with Crippen LogP contribution in [0.25, 0.3) is 0 Å². The van der Waals surface area contributed by atoms with E-state index < -0.39 is 5.41 Å². The van der Waals surface area contributed by atoms with Gasteiger partial charge in [0.15, 0.2) is 0 Å². The number of nitrogens with one attached hydrogen (secondary N) is 2. The number of piperidine rings is 1. The van der Waals surface area contributed by atoms with Gasteiger partial charge in [0, 0.05) is 18.5 Å². The second-order valence-corrected chi connectivity index (χ2v) is 6.23. The highest BCUT2D eigenvalue weighted by molar-refractivity contribution is 5.90. The van der Waals surface area contributed by atoms with Crippen molar-refractivity contribution in [2.75, 3.05) is 26.2 Å². The predicted octanol–water partition coefficient (Wildman–Crippen LogP) is 0.359. The molecule has 2 aliphatic rings. The Morgan fingerprint density at radius 1 is 1.37 bits per heavy atom. The monoisotopic (exact) mass is 267 g/mol. The summed E-state index contributed by atoms with van der Waals surface area (Å²) in [7, 11) is 0. The first kappa shape index (κ1) is 14.3. The minimum atomic E-state index is -0.403. The second kappa shape index (κ2) is 5.49. The average molecular weight is 267 g/mol. The largest absolute Gasteiger partial charge is 0.353 e. The molecule has 0 bridgehead atoms. The summed E-state index contributed by atoms with van der Waals surface area (Å²) in [5, 5.41) is 6.17. The number of hydrogen-bond donors (Lipinski definition) is 2. The fourth-order valence-electron chi connectivity index (χ4n) is 3.07. The van der Waals surface area contributed by atoms with Crippen molar-refractivity contribution in [1.29, 1.82) is 0 Å². The van der Waals surface area contributed by atoms with Gasteiger partial charge in [-0.3, -0.25) is 9.59 Å². The molecule has 0 aromatic carbocycles. The molecule has 0 aromatic heterocycles. The van der Waals surface area contributed by atoms with Crippen molar-refractivity contribution in [2.45, 2.75) is 39.7 Å². The summed E-state index contributed by atoms with van der Waals surface area (Å²) < 4.78 is 0. The van der Waals surface area contributed by atoms with Crippen LogP contribution in [-0.2, 0) is 9.59 Å². The van der Waals surface area contributed by atoms with Gasteiger partial charge in [-0.1, -0.05) is 13.8 Å². The summed E-state index contributed by atoms with van der Waals surface area (Å²) in [6.45, 7) is 8.97. The SMILES string of the molecule is CC1C(=O)NCCN1C(=O)C(C)(C)C1CCCNC1. The molecule has 2 unspecified atom stereocenters. The summed E-state index contributed by atoms with van der Waals surface area (Å²) in [4.78, 5) is 26.2. The summed E-state index contributed by atoms with van der Waals surface area (Å²) in [5.41, 5.74) is -0.403. The number of hydrogen-bond acceptors (Lipinski definition) is 3. The van der Waals surface area contributed by atoms with E-state index in [0.29, 0.717) is 19.0 Å². The molecule has 0 aromatic rings. The van der Waals surface area contributed by atoms with Crippen LogP contribution in [0.1, 0.15) is 33.6 Å². The normalized spacial score (nSPS) is 29.0. The Bertz CT molecular complexity index is 362. The average Bonchev–Trinajstić information content (AvgIpc) is 2.42. The summed E-state index contributed by atoms with van der Waals surface area (Å²) in [6.07, 6.45) is 2.21. The van der Waals surface area contributed by atoms with Crippen LogP contribution < -0.4 is 10.6 Å². The van der Waals surface area contributed by atoms with Crippen molar-refractivity contribution in [3.05, 3.63) is 0 Å². The lowest BCUT2D eigenvalue weighted by molar-refractivity contribution is -0.152. The third kappa shape index (κ3) is 2.76. The van der Waals surface area contributed by atoms with Gasteiger partial charge in [-0.15, -0.1) is 0 Å². The van der Waals surface area contributed by atoms with Crippen LogP contribution in [0.4, 0.5) is 0 Å². The molecular formula is C14H25N3O2. The van der Waals surface area contributed by atoms with Gasteiger partial charge in [0.2, 0.25) is 11.8 Å². The molecule has 2 heterocycles. The predicted molar refractivity (Wildman–Crippen MR) is 73.6 cm³/mol. The van der Waals surface area contributed by atoms with Gasteiger partial charge in [0.05, 0.1) is 0 Å². The highest BCUT2D eigenvalue weighted by atomic mass is 16.2. The zero-order valence-electron chi connectivity index (χ0n) is 12.2. The molecule has 0 aliphatic carbocycles. The minimum Gasteiger partial charge on any atom is -0.353 e. The van der Waals surface area contributed by atoms with E-state index in [0.717, 1.165) is 25.9 Å². The Morgan fingerprint density at radius 2 is 2.11 bits per heavy atom. The Balaban J connectivity index is 2.10. The van der Waals surface area contributed by atoms with Gasteiger partial charge in [-0.2, -0.15) is 0 Å². The Morgan fingerprint density at radius 3 is 2.74 bits per heavy atom. The molecule has 5 heteroatoms. The molecule has 2 rings (SSSR count). The van der Waals surface area contributed by atoms with Crippen LogP contribution in [0.3, 0.4) is 0 Å². The van der Waals surface area contributed by atoms with E-state index in [2.05, 4.69) is 10.6 Å². The van der Waals surface area contributed by atoms with Gasteiger partial charge in [-0.25, -0.2) is 0 Å². The minimum absolute atomic E-state index is 0.0443. The maximum absolute atomic E-state index is 12.8. The van der Waals surface area contributed by atoms with Gasteiger partial charge in [-0.05, 0) is 38.8 Å². The molecule has 108 valence electrons. The third-order valence-electron chi connectivity index (χ3n) is 4.63. The van der Waals surface area contributed by atoms with E-state index in [1.165, 1.54) is 0 Å². The maximum Gasteiger partial charge on any atom is 0.242 e. The lowest BCUT2D eigenvalue weighted by atomic mass is 9.73. The van der Waals surface area contributed by atoms with Crippen molar-refractivity contribution < 1.29 is 9.59 Å². The van der Waals surface area contributed by atoms with Crippen molar-refractivity contribution in [1.82, 2.24) is 15.5 Å². The van der Waals surface area contributed by atoms with Crippen LogP contribution in [0.2, 0.25) is 0 Å². The Hall–Kier alpha value is -1.10. The van der Waals surface area contributed by atoms with Gasteiger partial charge >= 0.3 is 0 Å². The first-order chi connectivity index (χ1) is 8.94. The van der Waals surface area contributed by atoms with Crippen molar-refractivity contribution >= 4 is 11.8 Å². The molecule has 19 heavy (non-hydrogen) atoms. The lowest BCUT2D eigenvalue weighted by Crippen LogP contribution is -2.60. The van der Waals surface area contributed by atoms with E-state index in [-0.39, 0.29) is 17.9 Å². The van der Waals surface area contributed by atoms with Crippen LogP contribution in [0.5, 0.6) is 0 Å². The van der Waals surface area contributed by atoms with Gasteiger partial charge in [0.1, 0.15) is 6.04 Å². The molecule has 2 atom stereocenters. The number of rotatable bonds is 2. The quantitative estimate of drug-likeness (QED) is 0.759. The summed E-state index contributed by atoms with van der Waals surface area (Å²) in [6, 6.07) is -0.350. The first-order valence-electron chi connectivity index (χ1n) is 7.24. The molecule has 2 aliphatic heterocycles. The molecular weight excluding hydrogens is 242 g/mol. The Kier molecular flexibility index (Phi) is 4.13. The van der Waals surface area contributed by atoms with Crippen LogP contribution in [0, 0.1) is 11.3 Å². The van der Waals surface area contributed by atoms with Crippen molar-refractivity contribution in [3.8, 4) is 0 Å². The Labute approximate surface area is 115 Å². The first-order valence-corrected chi connectivity index (χ1v) is 7.24. The van der Waals surface area contributed by atoms with Gasteiger partial charge in [0.25, 0.3) is 0 Å². The molecule has 2 saturated heterocycles. The molecule has 5 nitrogen and oxygen atoms in total. The standard InChI is InChI=1S/C14H25N3O2/c1-10-12(18)16-7-8-17(10)13(19)14(2,3)11-5-4-6-15-9-11/h10-11,15H,4-9H2,1-3H3,(H,16,18). The van der Waals surface area contributed by atoms with E-state index in [4.69, 9.17) is 0 Å². The van der Waals surface area contributed by atoms with Crippen LogP contribution in [-0.4, -0.2) is 48.9 Å². The number of carbonyl (C=O) groups is 2. The second-order valence-electron chi connectivity index (χ2n) is 6.23. The number of nitrogens with zero attached hydrogens (tertiary/aromatic N) is 1. The topological polar surface area (TPSA) is 61.4 Å². The summed E-state index contributed by atoms with van der Waals surface area (Å²) >= 11 is 0. The molecule has 2 fully saturated rings. The number of piperazine rings is 1.